The summed E-state index contributed by atoms with van der Waals surface area (Å²) in [5.41, 5.74) is 4.01. The van der Waals surface area contributed by atoms with Crippen molar-refractivity contribution < 1.29 is 10.0 Å². The van der Waals surface area contributed by atoms with Crippen LogP contribution < -0.4 is 5.32 Å². The molecule has 1 unspecified atom stereocenters. The first kappa shape index (κ1) is 17.4. The van der Waals surface area contributed by atoms with E-state index in [-0.39, 0.29) is 12.2 Å². The summed E-state index contributed by atoms with van der Waals surface area (Å²) in [6, 6.07) is 13.4. The topological polar surface area (TPSA) is 78.6 Å². The van der Waals surface area contributed by atoms with Crippen molar-refractivity contribution in [3.8, 4) is 0 Å². The Morgan fingerprint density at radius 2 is 2.04 bits per heavy atom. The molecule has 1 heterocycles. The van der Waals surface area contributed by atoms with Gasteiger partial charge in [0, 0.05) is 32.2 Å². The average molecular weight is 341 g/mol. The first-order valence-corrected chi connectivity index (χ1v) is 8.49. The van der Waals surface area contributed by atoms with Crippen molar-refractivity contribution in [3.05, 3.63) is 69.3 Å². The highest BCUT2D eigenvalue weighted by Gasteiger charge is 2.19. The fourth-order valence-electron chi connectivity index (χ4n) is 3.24. The van der Waals surface area contributed by atoms with Gasteiger partial charge >= 0.3 is 0 Å². The van der Waals surface area contributed by atoms with Crippen molar-refractivity contribution in [3.63, 3.8) is 0 Å². The number of β-amino-alcohol motifs (C(OH)–C–C–N with tert-alkyl or cyclic N) is 1. The SMILES string of the molecule is Cc1ccc(NCC(O)CN2CCc3ccccc3C2)c([N+](=O)[O-])c1. The first-order chi connectivity index (χ1) is 12.0. The summed E-state index contributed by atoms with van der Waals surface area (Å²) in [5.74, 6) is 0. The summed E-state index contributed by atoms with van der Waals surface area (Å²) < 4.78 is 0. The van der Waals surface area contributed by atoms with Crippen LogP contribution in [0.4, 0.5) is 11.4 Å². The van der Waals surface area contributed by atoms with Crippen LogP contribution in [0, 0.1) is 17.0 Å². The fraction of sp³-hybridized carbons (Fsp3) is 0.368. The summed E-state index contributed by atoms with van der Waals surface area (Å²) in [5, 5.41) is 24.5. The van der Waals surface area contributed by atoms with Crippen LogP contribution in [0.2, 0.25) is 0 Å². The van der Waals surface area contributed by atoms with Crippen molar-refractivity contribution in [1.29, 1.82) is 0 Å². The molecule has 6 nitrogen and oxygen atoms in total. The number of fused-ring (bicyclic) bond motifs is 1. The predicted molar refractivity (Wildman–Crippen MR) is 97.8 cm³/mol. The maximum absolute atomic E-state index is 11.1. The van der Waals surface area contributed by atoms with E-state index in [0.29, 0.717) is 12.2 Å². The summed E-state index contributed by atoms with van der Waals surface area (Å²) in [7, 11) is 0. The standard InChI is InChI=1S/C19H23N3O3/c1-14-6-7-18(19(10-14)22(24)25)20-11-17(23)13-21-9-8-15-4-2-3-5-16(15)12-21/h2-7,10,17,20,23H,8-9,11-13H2,1H3. The van der Waals surface area contributed by atoms with Crippen LogP contribution in [0.15, 0.2) is 42.5 Å². The molecule has 0 bridgehead atoms. The molecule has 3 rings (SSSR count). The number of aryl methyl sites for hydroxylation is 1. The minimum Gasteiger partial charge on any atom is -0.390 e. The molecule has 0 saturated carbocycles. The zero-order chi connectivity index (χ0) is 17.8. The number of benzene rings is 2. The van der Waals surface area contributed by atoms with Crippen LogP contribution in [0.5, 0.6) is 0 Å². The van der Waals surface area contributed by atoms with Gasteiger partial charge in [0.25, 0.3) is 5.69 Å². The highest BCUT2D eigenvalue weighted by Crippen LogP contribution is 2.25. The van der Waals surface area contributed by atoms with Gasteiger partial charge in [0.15, 0.2) is 0 Å². The molecule has 0 spiro atoms. The Hall–Kier alpha value is -2.44. The zero-order valence-corrected chi connectivity index (χ0v) is 14.3. The molecule has 1 atom stereocenters. The molecule has 1 aliphatic rings. The molecule has 0 radical (unpaired) electrons. The number of aliphatic hydroxyl groups excluding tert-OH is 1. The number of nitro benzene ring substituents is 1. The van der Waals surface area contributed by atoms with Gasteiger partial charge in [-0.25, -0.2) is 0 Å². The summed E-state index contributed by atoms with van der Waals surface area (Å²) in [4.78, 5) is 13.0. The van der Waals surface area contributed by atoms with E-state index in [0.717, 1.165) is 25.1 Å². The molecule has 0 fully saturated rings. The van der Waals surface area contributed by atoms with Crippen molar-refractivity contribution in [2.45, 2.75) is 26.0 Å². The van der Waals surface area contributed by atoms with Crippen molar-refractivity contribution >= 4 is 11.4 Å². The van der Waals surface area contributed by atoms with Crippen LogP contribution in [0.3, 0.4) is 0 Å². The lowest BCUT2D eigenvalue weighted by atomic mass is 10.00. The predicted octanol–water partition coefficient (Wildman–Crippen LogP) is 2.73. The summed E-state index contributed by atoms with van der Waals surface area (Å²) in [6.45, 7) is 4.39. The Morgan fingerprint density at radius 1 is 1.28 bits per heavy atom. The third kappa shape index (κ3) is 4.35. The van der Waals surface area contributed by atoms with Gasteiger partial charge < -0.3 is 10.4 Å². The minimum atomic E-state index is -0.592. The van der Waals surface area contributed by atoms with E-state index < -0.39 is 11.0 Å². The molecule has 0 aliphatic carbocycles. The normalized spacial score (nSPS) is 15.4. The molecule has 132 valence electrons. The van der Waals surface area contributed by atoms with E-state index in [4.69, 9.17) is 0 Å². The Bertz CT molecular complexity index is 763. The maximum Gasteiger partial charge on any atom is 0.292 e. The smallest absolute Gasteiger partial charge is 0.292 e. The monoisotopic (exact) mass is 341 g/mol. The maximum atomic E-state index is 11.1. The van der Waals surface area contributed by atoms with Gasteiger partial charge in [0.05, 0.1) is 11.0 Å². The second-order valence-electron chi connectivity index (χ2n) is 6.57. The van der Waals surface area contributed by atoms with Crippen LogP contribution >= 0.6 is 0 Å². The van der Waals surface area contributed by atoms with Gasteiger partial charge in [-0.2, -0.15) is 0 Å². The van der Waals surface area contributed by atoms with Crippen molar-refractivity contribution in [2.75, 3.05) is 25.0 Å². The molecule has 2 aromatic rings. The fourth-order valence-corrected chi connectivity index (χ4v) is 3.24. The van der Waals surface area contributed by atoms with E-state index in [1.54, 1.807) is 6.07 Å². The highest BCUT2D eigenvalue weighted by molar-refractivity contribution is 5.62. The van der Waals surface area contributed by atoms with Gasteiger partial charge in [-0.05, 0) is 36.1 Å². The summed E-state index contributed by atoms with van der Waals surface area (Å²) in [6.07, 6.45) is 0.394. The third-order valence-corrected chi connectivity index (χ3v) is 4.56. The van der Waals surface area contributed by atoms with E-state index in [9.17, 15) is 15.2 Å². The Morgan fingerprint density at radius 3 is 2.80 bits per heavy atom. The van der Waals surface area contributed by atoms with Gasteiger partial charge in [0.2, 0.25) is 0 Å². The molecule has 2 N–H and O–H groups in total. The Kier molecular flexibility index (Phi) is 5.31. The van der Waals surface area contributed by atoms with Gasteiger partial charge in [0.1, 0.15) is 5.69 Å². The van der Waals surface area contributed by atoms with Crippen LogP contribution in [-0.2, 0) is 13.0 Å². The number of nitrogens with one attached hydrogen (secondary N) is 1. The highest BCUT2D eigenvalue weighted by atomic mass is 16.6. The van der Waals surface area contributed by atoms with Crippen molar-refractivity contribution in [1.82, 2.24) is 4.90 Å². The molecule has 2 aromatic carbocycles. The number of nitrogens with zero attached hydrogens (tertiary/aromatic N) is 2. The van der Waals surface area contributed by atoms with Gasteiger partial charge in [-0.1, -0.05) is 30.3 Å². The lowest BCUT2D eigenvalue weighted by molar-refractivity contribution is -0.384. The van der Waals surface area contributed by atoms with Crippen molar-refractivity contribution in [2.24, 2.45) is 0 Å². The molecule has 0 saturated heterocycles. The van der Waals surface area contributed by atoms with Crippen LogP contribution in [-0.4, -0.2) is 40.7 Å². The average Bonchev–Trinajstić information content (AvgIpc) is 2.60. The van der Waals surface area contributed by atoms with E-state index in [1.165, 1.54) is 17.2 Å². The Labute approximate surface area is 147 Å². The lowest BCUT2D eigenvalue weighted by Crippen LogP contribution is -2.39. The second-order valence-corrected chi connectivity index (χ2v) is 6.57. The summed E-state index contributed by atoms with van der Waals surface area (Å²) >= 11 is 0. The number of hydrogen-bond acceptors (Lipinski definition) is 5. The third-order valence-electron chi connectivity index (χ3n) is 4.56. The van der Waals surface area contributed by atoms with Gasteiger partial charge in [-0.3, -0.25) is 15.0 Å². The largest absolute Gasteiger partial charge is 0.390 e. The Balaban J connectivity index is 1.56. The van der Waals surface area contributed by atoms with E-state index in [2.05, 4.69) is 28.4 Å². The molecule has 25 heavy (non-hydrogen) atoms. The molecule has 0 aromatic heterocycles. The number of rotatable bonds is 6. The quantitative estimate of drug-likeness (QED) is 0.624. The lowest BCUT2D eigenvalue weighted by Gasteiger charge is -2.30. The number of aliphatic hydroxyl groups is 1. The number of nitro groups is 1. The van der Waals surface area contributed by atoms with Crippen LogP contribution in [0.1, 0.15) is 16.7 Å². The zero-order valence-electron chi connectivity index (χ0n) is 14.3. The molecular formula is C19H23N3O3. The molecule has 6 heteroatoms. The molecule has 1 aliphatic heterocycles. The number of hydrogen-bond donors (Lipinski definition) is 2. The van der Waals surface area contributed by atoms with E-state index in [1.807, 2.05) is 19.1 Å². The number of anilines is 1. The van der Waals surface area contributed by atoms with Gasteiger partial charge in [-0.15, -0.1) is 0 Å². The minimum absolute atomic E-state index is 0.0408. The molecular weight excluding hydrogens is 318 g/mol. The first-order valence-electron chi connectivity index (χ1n) is 8.49. The molecule has 0 amide bonds. The second kappa shape index (κ2) is 7.63. The van der Waals surface area contributed by atoms with Crippen LogP contribution in [0.25, 0.3) is 0 Å². The van der Waals surface area contributed by atoms with E-state index >= 15 is 0 Å².